The number of anilines is 3. The van der Waals surface area contributed by atoms with E-state index >= 15 is 4.39 Å². The predicted octanol–water partition coefficient (Wildman–Crippen LogP) is 6.27. The van der Waals surface area contributed by atoms with Gasteiger partial charge in [-0.05, 0) is 71.7 Å². The Morgan fingerprint density at radius 2 is 1.76 bits per heavy atom. The van der Waals surface area contributed by atoms with Crippen LogP contribution in [0.2, 0.25) is 0 Å². The number of hydrogen-bond acceptors (Lipinski definition) is 9. The summed E-state index contributed by atoms with van der Waals surface area (Å²) in [6.07, 6.45) is 4.56. The van der Waals surface area contributed by atoms with Crippen molar-refractivity contribution in [3.05, 3.63) is 60.2 Å². The minimum absolute atomic E-state index is 0.0674. The quantitative estimate of drug-likeness (QED) is 0.194. The van der Waals surface area contributed by atoms with Gasteiger partial charge in [0.05, 0.1) is 28.6 Å². The van der Waals surface area contributed by atoms with Crippen LogP contribution in [0.3, 0.4) is 0 Å². The van der Waals surface area contributed by atoms with Gasteiger partial charge in [0.15, 0.2) is 15.7 Å². The van der Waals surface area contributed by atoms with Crippen LogP contribution in [0.5, 0.6) is 0 Å². The van der Waals surface area contributed by atoms with Gasteiger partial charge in [0.2, 0.25) is 11.9 Å². The Balaban J connectivity index is 1.36. The van der Waals surface area contributed by atoms with E-state index in [1.54, 1.807) is 17.3 Å². The van der Waals surface area contributed by atoms with Crippen molar-refractivity contribution in [3.8, 4) is 11.3 Å². The Morgan fingerprint density at radius 1 is 1.10 bits per heavy atom. The zero-order valence-electron chi connectivity index (χ0n) is 29.1. The SMILES string of the molecule is CCC(C(=O)Nc1cccc2c(-c3nc(Nc4cccc(S(C)(=O)=O)c4F)ncc3C)c[nH]c12)N1CC(C)N(C(=O)OC(C)(C)C)[C@H](C)C1. The molecule has 12 nitrogen and oxygen atoms in total. The molecule has 3 atom stereocenters. The van der Waals surface area contributed by atoms with E-state index < -0.39 is 32.2 Å². The molecule has 0 spiro atoms. The molecule has 1 fully saturated rings. The lowest BCUT2D eigenvalue weighted by Crippen LogP contribution is -2.62. The second-order valence-corrected chi connectivity index (χ2v) is 15.6. The van der Waals surface area contributed by atoms with Crippen molar-refractivity contribution in [1.82, 2.24) is 24.8 Å². The number of H-pyrrole nitrogens is 1. The summed E-state index contributed by atoms with van der Waals surface area (Å²) < 4.78 is 44.7. The predicted molar refractivity (Wildman–Crippen MR) is 188 cm³/mol. The number of ether oxygens (including phenoxy) is 1. The van der Waals surface area contributed by atoms with Gasteiger partial charge in [-0.3, -0.25) is 9.69 Å². The molecule has 1 aliphatic rings. The number of rotatable bonds is 8. The number of nitrogens with zero attached hydrogens (tertiary/aromatic N) is 4. The van der Waals surface area contributed by atoms with Gasteiger partial charge >= 0.3 is 6.09 Å². The number of piperazine rings is 1. The summed E-state index contributed by atoms with van der Waals surface area (Å²) in [6, 6.07) is 8.94. The summed E-state index contributed by atoms with van der Waals surface area (Å²) in [5.41, 5.74) is 2.71. The Kier molecular flexibility index (Phi) is 10.0. The first-order chi connectivity index (χ1) is 23.0. The largest absolute Gasteiger partial charge is 0.444 e. The number of fused-ring (bicyclic) bond motifs is 1. The Bertz CT molecular complexity index is 1980. The third-order valence-electron chi connectivity index (χ3n) is 8.49. The Morgan fingerprint density at radius 3 is 2.39 bits per heavy atom. The number of carbonyl (C=O) groups is 2. The first kappa shape index (κ1) is 35.7. The van der Waals surface area contributed by atoms with Gasteiger partial charge < -0.3 is 25.3 Å². The van der Waals surface area contributed by atoms with Crippen molar-refractivity contribution < 1.29 is 27.1 Å². The van der Waals surface area contributed by atoms with E-state index in [0.717, 1.165) is 22.8 Å². The number of sulfone groups is 1. The van der Waals surface area contributed by atoms with Crippen molar-refractivity contribution in [1.29, 1.82) is 0 Å². The van der Waals surface area contributed by atoms with E-state index in [4.69, 9.17) is 4.74 Å². The summed E-state index contributed by atoms with van der Waals surface area (Å²) in [5.74, 6) is -0.980. The van der Waals surface area contributed by atoms with Crippen molar-refractivity contribution in [3.63, 3.8) is 0 Å². The third kappa shape index (κ3) is 7.70. The first-order valence-corrected chi connectivity index (χ1v) is 18.1. The molecule has 2 unspecified atom stereocenters. The molecule has 1 saturated heterocycles. The number of halogens is 1. The van der Waals surface area contributed by atoms with Gasteiger partial charge in [-0.15, -0.1) is 0 Å². The number of para-hydroxylation sites is 1. The first-order valence-electron chi connectivity index (χ1n) is 16.2. The van der Waals surface area contributed by atoms with E-state index in [2.05, 4.69) is 30.5 Å². The third-order valence-corrected chi connectivity index (χ3v) is 9.61. The molecule has 3 N–H and O–H groups in total. The molecule has 262 valence electrons. The molecule has 2 amide bonds. The number of aromatic nitrogens is 3. The normalized spacial score (nSPS) is 17.9. The van der Waals surface area contributed by atoms with Crippen LogP contribution in [0.15, 0.2) is 53.7 Å². The molecule has 0 bridgehead atoms. The van der Waals surface area contributed by atoms with Crippen molar-refractivity contribution in [2.45, 2.75) is 83.5 Å². The highest BCUT2D eigenvalue weighted by Gasteiger charge is 2.39. The van der Waals surface area contributed by atoms with Crippen LogP contribution in [-0.2, 0) is 19.4 Å². The molecular formula is C35H44FN7O5S. The van der Waals surface area contributed by atoms with E-state index in [1.165, 1.54) is 18.2 Å². The molecule has 0 radical (unpaired) electrons. The second-order valence-electron chi connectivity index (χ2n) is 13.6. The van der Waals surface area contributed by atoms with E-state index in [0.29, 0.717) is 36.4 Å². The highest BCUT2D eigenvalue weighted by Crippen LogP contribution is 2.34. The number of benzene rings is 2. The number of amides is 2. The van der Waals surface area contributed by atoms with Crippen LogP contribution < -0.4 is 10.6 Å². The molecule has 2 aromatic carbocycles. The van der Waals surface area contributed by atoms with Gasteiger partial charge in [-0.2, -0.15) is 0 Å². The number of nitrogens with one attached hydrogen (secondary N) is 3. The molecule has 5 rings (SSSR count). The van der Waals surface area contributed by atoms with Crippen LogP contribution in [-0.4, -0.2) is 88.2 Å². The lowest BCUT2D eigenvalue weighted by atomic mass is 10.0. The smallest absolute Gasteiger partial charge is 0.410 e. The van der Waals surface area contributed by atoms with Gasteiger partial charge in [-0.25, -0.2) is 27.6 Å². The van der Waals surface area contributed by atoms with Crippen LogP contribution >= 0.6 is 0 Å². The fraction of sp³-hybridized carbons (Fsp3) is 0.429. The molecule has 14 heteroatoms. The standard InChI is InChI=1S/C35H44FN7O5S/c1-9-27(42-18-21(3)43(22(4)19-42)34(45)48-35(5,6)7)32(44)39-26-14-10-12-23-24(17-37-31(23)26)30-20(2)16-38-33(41-30)40-25-13-11-15-28(29(25)36)49(8,46)47/h10-17,21-22,27,37H,9,18-19H2,1-8H3,(H,39,44)(H,38,40,41)/t21-,22?,27?/m1/s1. The molecular weight excluding hydrogens is 649 g/mol. The lowest BCUT2D eigenvalue weighted by Gasteiger charge is -2.46. The monoisotopic (exact) mass is 693 g/mol. The Hall–Kier alpha value is -4.56. The van der Waals surface area contributed by atoms with Crippen LogP contribution in [0.1, 0.15) is 53.5 Å². The maximum atomic E-state index is 15.0. The highest BCUT2D eigenvalue weighted by molar-refractivity contribution is 7.90. The van der Waals surface area contributed by atoms with Gasteiger partial charge in [-0.1, -0.05) is 25.1 Å². The number of aromatic amines is 1. The molecule has 4 aromatic rings. The molecule has 1 aliphatic heterocycles. The van der Waals surface area contributed by atoms with E-state index in [-0.39, 0.29) is 35.7 Å². The summed E-state index contributed by atoms with van der Waals surface area (Å²) in [5, 5.41) is 6.74. The number of hydrogen-bond donors (Lipinski definition) is 3. The van der Waals surface area contributed by atoms with Gasteiger partial charge in [0, 0.05) is 54.8 Å². The summed E-state index contributed by atoms with van der Waals surface area (Å²) in [7, 11) is -3.78. The summed E-state index contributed by atoms with van der Waals surface area (Å²) >= 11 is 0. The van der Waals surface area contributed by atoms with E-state index in [9.17, 15) is 18.0 Å². The molecule has 0 saturated carbocycles. The van der Waals surface area contributed by atoms with Gasteiger partial charge in [0.1, 0.15) is 10.5 Å². The lowest BCUT2D eigenvalue weighted by molar-refractivity contribution is -0.123. The fourth-order valence-electron chi connectivity index (χ4n) is 6.36. The van der Waals surface area contributed by atoms with Crippen molar-refractivity contribution in [2.24, 2.45) is 0 Å². The van der Waals surface area contributed by atoms with Crippen molar-refractivity contribution >= 4 is 50.1 Å². The highest BCUT2D eigenvalue weighted by atomic mass is 32.2. The van der Waals surface area contributed by atoms with Crippen molar-refractivity contribution in [2.75, 3.05) is 30.0 Å². The number of carbonyl (C=O) groups excluding carboxylic acids is 2. The topological polar surface area (TPSA) is 150 Å². The average molecular weight is 694 g/mol. The zero-order valence-corrected chi connectivity index (χ0v) is 29.9. The Labute approximate surface area is 286 Å². The van der Waals surface area contributed by atoms with E-state index in [1.807, 2.05) is 66.7 Å². The minimum Gasteiger partial charge on any atom is -0.444 e. The molecule has 0 aliphatic carbocycles. The molecule has 2 aromatic heterocycles. The molecule has 3 heterocycles. The summed E-state index contributed by atoms with van der Waals surface area (Å²) in [6.45, 7) is 14.4. The zero-order chi connectivity index (χ0) is 35.8. The van der Waals surface area contributed by atoms with Crippen LogP contribution in [0, 0.1) is 12.7 Å². The van der Waals surface area contributed by atoms with Crippen LogP contribution in [0.25, 0.3) is 22.2 Å². The van der Waals surface area contributed by atoms with Gasteiger partial charge in [0.25, 0.3) is 0 Å². The number of aryl methyl sites for hydroxylation is 1. The fourth-order valence-corrected chi connectivity index (χ4v) is 7.12. The summed E-state index contributed by atoms with van der Waals surface area (Å²) in [4.78, 5) is 42.4. The second kappa shape index (κ2) is 13.7. The maximum Gasteiger partial charge on any atom is 0.410 e. The maximum absolute atomic E-state index is 15.0. The average Bonchev–Trinajstić information content (AvgIpc) is 3.43. The van der Waals surface area contributed by atoms with Crippen LogP contribution in [0.4, 0.5) is 26.5 Å². The minimum atomic E-state index is -3.78. The molecule has 49 heavy (non-hydrogen) atoms.